The van der Waals surface area contributed by atoms with Crippen LogP contribution in [0.3, 0.4) is 0 Å². The lowest BCUT2D eigenvalue weighted by atomic mass is 10.1. The zero-order valence-corrected chi connectivity index (χ0v) is 22.7. The minimum Gasteiger partial charge on any atom is -0.493 e. The van der Waals surface area contributed by atoms with Crippen molar-refractivity contribution >= 4 is 68.1 Å². The van der Waals surface area contributed by atoms with Gasteiger partial charge in [-0.05, 0) is 86.9 Å². The largest absolute Gasteiger partial charge is 0.493 e. The SMILES string of the molecule is COc1cc(/C=C2/SC(=O)N(Cc3ccc(Cl)cc3Cl)C2=O)cc(Br)c1OCc1ccc(C#N)cc1. The van der Waals surface area contributed by atoms with Crippen molar-refractivity contribution in [3.05, 3.63) is 96.3 Å². The number of methoxy groups -OCH3 is 1. The Morgan fingerprint density at radius 2 is 1.86 bits per heavy atom. The summed E-state index contributed by atoms with van der Waals surface area (Å²) in [4.78, 5) is 27.0. The van der Waals surface area contributed by atoms with Gasteiger partial charge in [-0.1, -0.05) is 41.4 Å². The van der Waals surface area contributed by atoms with Crippen LogP contribution < -0.4 is 9.47 Å². The summed E-state index contributed by atoms with van der Waals surface area (Å²) in [5.74, 6) is 0.535. The third-order valence-corrected chi connectivity index (χ3v) is 7.32. The van der Waals surface area contributed by atoms with Crippen molar-refractivity contribution in [1.29, 1.82) is 5.26 Å². The van der Waals surface area contributed by atoms with Crippen molar-refractivity contribution in [2.45, 2.75) is 13.2 Å². The molecule has 36 heavy (non-hydrogen) atoms. The number of carbonyl (C=O) groups excluding carboxylic acids is 2. The average molecular weight is 604 g/mol. The Kier molecular flexibility index (Phi) is 8.27. The molecular weight excluding hydrogens is 587 g/mol. The van der Waals surface area contributed by atoms with E-state index < -0.39 is 5.91 Å². The molecule has 1 aliphatic rings. The summed E-state index contributed by atoms with van der Waals surface area (Å²) in [6.07, 6.45) is 1.63. The Balaban J connectivity index is 1.52. The van der Waals surface area contributed by atoms with Gasteiger partial charge in [0, 0.05) is 10.0 Å². The van der Waals surface area contributed by atoms with Crippen LogP contribution in [0.15, 0.2) is 64.0 Å². The Bertz CT molecular complexity index is 1420. The maximum atomic E-state index is 13.0. The normalized spacial score (nSPS) is 14.3. The fraction of sp³-hybridized carbons (Fsp3) is 0.115. The second kappa shape index (κ2) is 11.4. The van der Waals surface area contributed by atoms with Crippen LogP contribution >= 0.6 is 50.9 Å². The third kappa shape index (κ3) is 5.88. The van der Waals surface area contributed by atoms with Gasteiger partial charge in [0.05, 0.1) is 34.7 Å². The quantitative estimate of drug-likeness (QED) is 0.261. The first-order valence-corrected chi connectivity index (χ1v) is 12.8. The Morgan fingerprint density at radius 3 is 2.53 bits per heavy atom. The number of carbonyl (C=O) groups is 2. The predicted octanol–water partition coefficient (Wildman–Crippen LogP) is 7.45. The van der Waals surface area contributed by atoms with Gasteiger partial charge in [0.25, 0.3) is 11.1 Å². The molecule has 6 nitrogen and oxygen atoms in total. The van der Waals surface area contributed by atoms with Gasteiger partial charge >= 0.3 is 0 Å². The van der Waals surface area contributed by atoms with E-state index in [0.29, 0.717) is 42.7 Å². The van der Waals surface area contributed by atoms with Crippen molar-refractivity contribution in [3.8, 4) is 17.6 Å². The molecule has 0 aromatic heterocycles. The molecule has 0 unspecified atom stereocenters. The number of halogens is 3. The van der Waals surface area contributed by atoms with Crippen molar-refractivity contribution < 1.29 is 19.1 Å². The number of hydrogen-bond donors (Lipinski definition) is 0. The van der Waals surface area contributed by atoms with Crippen LogP contribution in [-0.2, 0) is 17.9 Å². The molecule has 1 saturated heterocycles. The Morgan fingerprint density at radius 1 is 1.11 bits per heavy atom. The summed E-state index contributed by atoms with van der Waals surface area (Å²) in [7, 11) is 1.52. The van der Waals surface area contributed by atoms with Gasteiger partial charge in [0.2, 0.25) is 0 Å². The van der Waals surface area contributed by atoms with Gasteiger partial charge < -0.3 is 9.47 Å². The summed E-state index contributed by atoms with van der Waals surface area (Å²) in [5.41, 5.74) is 2.74. The lowest BCUT2D eigenvalue weighted by molar-refractivity contribution is -0.123. The van der Waals surface area contributed by atoms with Gasteiger partial charge in [-0.3, -0.25) is 14.5 Å². The molecule has 1 heterocycles. The topological polar surface area (TPSA) is 79.6 Å². The van der Waals surface area contributed by atoms with Crippen LogP contribution in [0.2, 0.25) is 10.0 Å². The molecule has 0 saturated carbocycles. The minimum absolute atomic E-state index is 0.0488. The number of ether oxygens (including phenoxy) is 2. The highest BCUT2D eigenvalue weighted by atomic mass is 79.9. The van der Waals surface area contributed by atoms with Gasteiger partial charge in [-0.15, -0.1) is 0 Å². The number of imide groups is 1. The monoisotopic (exact) mass is 602 g/mol. The second-order valence-corrected chi connectivity index (χ2v) is 10.3. The van der Waals surface area contributed by atoms with E-state index in [0.717, 1.165) is 22.2 Å². The van der Waals surface area contributed by atoms with E-state index in [-0.39, 0.29) is 23.3 Å². The average Bonchev–Trinajstić information content (AvgIpc) is 3.12. The second-order valence-electron chi connectivity index (χ2n) is 7.64. The zero-order valence-electron chi connectivity index (χ0n) is 18.8. The molecule has 0 aliphatic carbocycles. The highest BCUT2D eigenvalue weighted by Crippen LogP contribution is 2.40. The van der Waals surface area contributed by atoms with Gasteiger partial charge in [-0.25, -0.2) is 0 Å². The summed E-state index contributed by atoms with van der Waals surface area (Å²) < 4.78 is 12.1. The molecule has 0 spiro atoms. The summed E-state index contributed by atoms with van der Waals surface area (Å²) in [5, 5.41) is 9.41. The molecule has 0 atom stereocenters. The van der Waals surface area contributed by atoms with E-state index in [1.165, 1.54) is 7.11 Å². The number of amides is 2. The van der Waals surface area contributed by atoms with Gasteiger partial charge in [-0.2, -0.15) is 5.26 Å². The number of rotatable bonds is 7. The Hall–Kier alpha value is -2.96. The van der Waals surface area contributed by atoms with Crippen LogP contribution in [0, 0.1) is 11.3 Å². The molecule has 182 valence electrons. The molecule has 3 aromatic carbocycles. The van der Waals surface area contributed by atoms with Crippen molar-refractivity contribution in [2.75, 3.05) is 7.11 Å². The maximum absolute atomic E-state index is 13.0. The highest BCUT2D eigenvalue weighted by Gasteiger charge is 2.35. The third-order valence-electron chi connectivity index (χ3n) is 5.23. The molecule has 4 rings (SSSR count). The fourth-order valence-corrected chi connectivity index (χ4v) is 5.28. The predicted molar refractivity (Wildman–Crippen MR) is 144 cm³/mol. The molecule has 1 fully saturated rings. The summed E-state index contributed by atoms with van der Waals surface area (Å²) >= 11 is 16.5. The first-order chi connectivity index (χ1) is 17.3. The summed E-state index contributed by atoms with van der Waals surface area (Å²) in [6.45, 7) is 0.319. The molecule has 0 N–H and O–H groups in total. The number of thioether (sulfide) groups is 1. The van der Waals surface area contributed by atoms with Crippen molar-refractivity contribution in [2.24, 2.45) is 0 Å². The maximum Gasteiger partial charge on any atom is 0.293 e. The van der Waals surface area contributed by atoms with Crippen LogP contribution in [0.25, 0.3) is 6.08 Å². The molecule has 10 heteroatoms. The number of benzene rings is 3. The van der Waals surface area contributed by atoms with E-state index in [2.05, 4.69) is 22.0 Å². The first kappa shape index (κ1) is 26.1. The molecule has 2 amide bonds. The molecule has 1 aliphatic heterocycles. The number of hydrogen-bond acceptors (Lipinski definition) is 6. The summed E-state index contributed by atoms with van der Waals surface area (Å²) in [6, 6.07) is 17.6. The van der Waals surface area contributed by atoms with E-state index >= 15 is 0 Å². The van der Waals surface area contributed by atoms with E-state index in [1.807, 2.05) is 12.1 Å². The van der Waals surface area contributed by atoms with Crippen molar-refractivity contribution in [1.82, 2.24) is 4.90 Å². The van der Waals surface area contributed by atoms with Crippen molar-refractivity contribution in [3.63, 3.8) is 0 Å². The molecule has 0 bridgehead atoms. The first-order valence-electron chi connectivity index (χ1n) is 10.5. The van der Waals surface area contributed by atoms with Gasteiger partial charge in [0.15, 0.2) is 11.5 Å². The van der Waals surface area contributed by atoms with E-state index in [9.17, 15) is 9.59 Å². The van der Waals surface area contributed by atoms with E-state index in [1.54, 1.807) is 48.5 Å². The van der Waals surface area contributed by atoms with E-state index in [4.69, 9.17) is 37.9 Å². The van der Waals surface area contributed by atoms with Gasteiger partial charge in [0.1, 0.15) is 6.61 Å². The number of nitrogens with zero attached hydrogens (tertiary/aromatic N) is 2. The van der Waals surface area contributed by atoms with Crippen LogP contribution in [-0.4, -0.2) is 23.2 Å². The van der Waals surface area contributed by atoms with Crippen LogP contribution in [0.5, 0.6) is 11.5 Å². The number of nitriles is 1. The fourth-order valence-electron chi connectivity index (χ4n) is 3.40. The smallest absolute Gasteiger partial charge is 0.293 e. The lowest BCUT2D eigenvalue weighted by Gasteiger charge is -2.14. The van der Waals surface area contributed by atoms with Crippen LogP contribution in [0.4, 0.5) is 4.79 Å². The Labute approximate surface area is 230 Å². The minimum atomic E-state index is -0.410. The van der Waals surface area contributed by atoms with Crippen LogP contribution in [0.1, 0.15) is 22.3 Å². The molecule has 0 radical (unpaired) electrons. The molecule has 3 aromatic rings. The standard InChI is InChI=1S/C26H17BrCl2N2O4S/c1-34-22-9-17(8-20(27)24(22)35-14-16-4-2-15(12-30)3-5-16)10-23-25(32)31(26(33)36-23)13-18-6-7-19(28)11-21(18)29/h2-11H,13-14H2,1H3/b23-10+. The highest BCUT2D eigenvalue weighted by molar-refractivity contribution is 9.10. The lowest BCUT2D eigenvalue weighted by Crippen LogP contribution is -2.27. The molecular formula is C26H17BrCl2N2O4S. The zero-order chi connectivity index (χ0) is 25.8.